The van der Waals surface area contributed by atoms with Crippen LogP contribution in [-0.4, -0.2) is 25.5 Å². The van der Waals surface area contributed by atoms with Crippen molar-refractivity contribution in [2.45, 2.75) is 6.42 Å². The van der Waals surface area contributed by atoms with E-state index in [0.717, 1.165) is 5.69 Å². The number of hydrogen-bond acceptors (Lipinski definition) is 4. The monoisotopic (exact) mass is 345 g/mol. The molecule has 1 saturated heterocycles. The Bertz CT molecular complexity index is 743. The van der Waals surface area contributed by atoms with Crippen LogP contribution >= 0.6 is 11.6 Å². The highest BCUT2D eigenvalue weighted by Crippen LogP contribution is 2.27. The van der Waals surface area contributed by atoms with E-state index in [1.807, 2.05) is 0 Å². The van der Waals surface area contributed by atoms with Gasteiger partial charge in [0.2, 0.25) is 5.91 Å². The van der Waals surface area contributed by atoms with Gasteiger partial charge >= 0.3 is 5.97 Å². The average molecular weight is 346 g/mol. The zero-order valence-corrected chi connectivity index (χ0v) is 13.8. The van der Waals surface area contributed by atoms with Gasteiger partial charge in [-0.1, -0.05) is 11.6 Å². The van der Waals surface area contributed by atoms with Gasteiger partial charge in [0.25, 0.3) is 0 Å². The van der Waals surface area contributed by atoms with E-state index >= 15 is 0 Å². The Morgan fingerprint density at radius 3 is 2.33 bits per heavy atom. The molecule has 1 amide bonds. The number of rotatable bonds is 4. The Labute approximate surface area is 144 Å². The van der Waals surface area contributed by atoms with Gasteiger partial charge in [0.05, 0.1) is 13.0 Å². The van der Waals surface area contributed by atoms with Gasteiger partial charge in [0.15, 0.2) is 0 Å². The quantitative estimate of drug-likeness (QED) is 0.630. The predicted molar refractivity (Wildman–Crippen MR) is 90.5 cm³/mol. The maximum Gasteiger partial charge on any atom is 0.316 e. The van der Waals surface area contributed by atoms with Crippen LogP contribution in [0, 0.1) is 5.92 Å². The lowest BCUT2D eigenvalue weighted by molar-refractivity contribution is -0.139. The van der Waals surface area contributed by atoms with Crippen LogP contribution in [0.2, 0.25) is 5.02 Å². The molecule has 0 N–H and O–H groups in total. The minimum Gasteiger partial charge on any atom is -0.497 e. The Hall–Kier alpha value is -2.53. The molecule has 0 spiro atoms. The summed E-state index contributed by atoms with van der Waals surface area (Å²) in [6.45, 7) is 0.301. The highest BCUT2D eigenvalue weighted by Gasteiger charge is 2.36. The summed E-state index contributed by atoms with van der Waals surface area (Å²) >= 11 is 5.86. The van der Waals surface area contributed by atoms with Crippen LogP contribution in [0.25, 0.3) is 0 Å². The third kappa shape index (κ3) is 3.51. The topological polar surface area (TPSA) is 55.8 Å². The van der Waals surface area contributed by atoms with Gasteiger partial charge in [0, 0.05) is 23.7 Å². The summed E-state index contributed by atoms with van der Waals surface area (Å²) in [6.07, 6.45) is 0.137. The second kappa shape index (κ2) is 6.93. The van der Waals surface area contributed by atoms with E-state index < -0.39 is 11.9 Å². The maximum atomic E-state index is 12.3. The first-order valence-corrected chi connectivity index (χ1v) is 7.86. The molecule has 1 aliphatic rings. The standard InChI is InChI=1S/C18H16ClNO4/c1-23-15-6-8-16(9-7-15)24-18(22)12-10-17(21)20(11-12)14-4-2-13(19)3-5-14/h2-9,12H,10-11H2,1H3. The maximum absolute atomic E-state index is 12.3. The normalized spacial score (nSPS) is 17.0. The molecule has 5 nitrogen and oxygen atoms in total. The zero-order valence-electron chi connectivity index (χ0n) is 13.1. The van der Waals surface area contributed by atoms with Crippen molar-refractivity contribution in [1.82, 2.24) is 0 Å². The smallest absolute Gasteiger partial charge is 0.316 e. The van der Waals surface area contributed by atoms with Gasteiger partial charge in [-0.2, -0.15) is 0 Å². The van der Waals surface area contributed by atoms with E-state index in [4.69, 9.17) is 21.1 Å². The highest BCUT2D eigenvalue weighted by atomic mass is 35.5. The molecular weight excluding hydrogens is 330 g/mol. The van der Waals surface area contributed by atoms with Gasteiger partial charge in [-0.05, 0) is 48.5 Å². The molecule has 0 aromatic heterocycles. The first-order valence-electron chi connectivity index (χ1n) is 7.48. The Kier molecular flexibility index (Phi) is 4.71. The summed E-state index contributed by atoms with van der Waals surface area (Å²) in [5, 5.41) is 0.598. The van der Waals surface area contributed by atoms with Crippen molar-refractivity contribution in [2.24, 2.45) is 5.92 Å². The number of esters is 1. The fourth-order valence-corrected chi connectivity index (χ4v) is 2.71. The van der Waals surface area contributed by atoms with Crippen LogP contribution in [0.15, 0.2) is 48.5 Å². The number of halogens is 1. The van der Waals surface area contributed by atoms with Crippen LogP contribution in [0.5, 0.6) is 11.5 Å². The number of ether oxygens (including phenoxy) is 2. The SMILES string of the molecule is COc1ccc(OC(=O)C2CC(=O)N(c3ccc(Cl)cc3)C2)cc1. The number of hydrogen-bond donors (Lipinski definition) is 0. The minimum atomic E-state index is -0.490. The molecule has 0 bridgehead atoms. The molecular formula is C18H16ClNO4. The van der Waals surface area contributed by atoms with Gasteiger partial charge in [0.1, 0.15) is 11.5 Å². The molecule has 0 radical (unpaired) electrons. The van der Waals surface area contributed by atoms with Crippen LogP contribution in [0.4, 0.5) is 5.69 Å². The molecule has 0 aliphatic carbocycles. The molecule has 2 aromatic carbocycles. The van der Waals surface area contributed by atoms with Gasteiger partial charge in [-0.15, -0.1) is 0 Å². The lowest BCUT2D eigenvalue weighted by Gasteiger charge is -2.16. The summed E-state index contributed by atoms with van der Waals surface area (Å²) in [4.78, 5) is 26.1. The summed E-state index contributed by atoms with van der Waals surface area (Å²) in [6, 6.07) is 13.7. The molecule has 0 saturated carbocycles. The molecule has 6 heteroatoms. The van der Waals surface area contributed by atoms with Crippen LogP contribution in [0.3, 0.4) is 0 Å². The summed E-state index contributed by atoms with van der Waals surface area (Å²) in [7, 11) is 1.57. The lowest BCUT2D eigenvalue weighted by atomic mass is 10.1. The fraction of sp³-hybridized carbons (Fsp3) is 0.222. The second-order valence-electron chi connectivity index (χ2n) is 5.48. The first kappa shape index (κ1) is 16.3. The third-order valence-corrected chi connectivity index (χ3v) is 4.13. The molecule has 24 heavy (non-hydrogen) atoms. The van der Waals surface area contributed by atoms with Crippen LogP contribution < -0.4 is 14.4 Å². The number of amides is 1. The van der Waals surface area contributed by atoms with E-state index in [9.17, 15) is 9.59 Å². The van der Waals surface area contributed by atoms with Crippen molar-refractivity contribution in [3.05, 3.63) is 53.6 Å². The number of carbonyl (C=O) groups excluding carboxylic acids is 2. The highest BCUT2D eigenvalue weighted by molar-refractivity contribution is 6.30. The number of anilines is 1. The fourth-order valence-electron chi connectivity index (χ4n) is 2.58. The van der Waals surface area contributed by atoms with Crippen molar-refractivity contribution in [1.29, 1.82) is 0 Å². The molecule has 1 aliphatic heterocycles. The summed E-state index contributed by atoms with van der Waals surface area (Å²) in [5.74, 6) is 0.104. The van der Waals surface area contributed by atoms with E-state index in [0.29, 0.717) is 23.1 Å². The van der Waals surface area contributed by atoms with Crippen molar-refractivity contribution in [3.63, 3.8) is 0 Å². The molecule has 1 atom stereocenters. The van der Waals surface area contributed by atoms with Crippen molar-refractivity contribution < 1.29 is 19.1 Å². The van der Waals surface area contributed by atoms with Gasteiger partial charge in [-0.25, -0.2) is 0 Å². The van der Waals surface area contributed by atoms with E-state index in [1.165, 1.54) is 0 Å². The second-order valence-corrected chi connectivity index (χ2v) is 5.91. The third-order valence-electron chi connectivity index (χ3n) is 3.87. The lowest BCUT2D eigenvalue weighted by Crippen LogP contribution is -2.27. The average Bonchev–Trinajstić information content (AvgIpc) is 2.98. The van der Waals surface area contributed by atoms with E-state index in [-0.39, 0.29) is 12.3 Å². The first-order chi connectivity index (χ1) is 11.6. The summed E-state index contributed by atoms with van der Waals surface area (Å²) in [5.41, 5.74) is 0.726. The Balaban J connectivity index is 1.66. The zero-order chi connectivity index (χ0) is 17.1. The van der Waals surface area contributed by atoms with Crippen molar-refractivity contribution in [2.75, 3.05) is 18.6 Å². The number of methoxy groups -OCH3 is 1. The Morgan fingerprint density at radius 2 is 1.71 bits per heavy atom. The molecule has 1 heterocycles. The number of carbonyl (C=O) groups is 2. The minimum absolute atomic E-state index is 0.103. The van der Waals surface area contributed by atoms with Crippen molar-refractivity contribution >= 4 is 29.2 Å². The van der Waals surface area contributed by atoms with Gasteiger partial charge in [-0.3, -0.25) is 9.59 Å². The molecule has 124 valence electrons. The summed E-state index contributed by atoms with van der Waals surface area (Å²) < 4.78 is 10.4. The molecule has 1 fully saturated rings. The molecule has 2 aromatic rings. The predicted octanol–water partition coefficient (Wildman–Crippen LogP) is 3.31. The number of benzene rings is 2. The van der Waals surface area contributed by atoms with E-state index in [2.05, 4.69) is 0 Å². The van der Waals surface area contributed by atoms with E-state index in [1.54, 1.807) is 60.5 Å². The molecule has 1 unspecified atom stereocenters. The molecule has 3 rings (SSSR count). The number of nitrogens with zero attached hydrogens (tertiary/aromatic N) is 1. The van der Waals surface area contributed by atoms with Crippen LogP contribution in [0.1, 0.15) is 6.42 Å². The van der Waals surface area contributed by atoms with Crippen LogP contribution in [-0.2, 0) is 9.59 Å². The largest absolute Gasteiger partial charge is 0.497 e. The Morgan fingerprint density at radius 1 is 1.08 bits per heavy atom. The van der Waals surface area contributed by atoms with Gasteiger partial charge < -0.3 is 14.4 Å². The van der Waals surface area contributed by atoms with Crippen molar-refractivity contribution in [3.8, 4) is 11.5 Å².